The molecule has 1 heterocycles. The lowest BCUT2D eigenvalue weighted by molar-refractivity contribution is 0.671. The summed E-state index contributed by atoms with van der Waals surface area (Å²) in [7, 11) is 0. The zero-order valence-electron chi connectivity index (χ0n) is 9.54. The van der Waals surface area contributed by atoms with Crippen molar-refractivity contribution >= 4 is 5.57 Å². The van der Waals surface area contributed by atoms with Gasteiger partial charge in [0.25, 0.3) is 0 Å². The molecule has 0 unspecified atom stereocenters. The molecular weight excluding hydrogens is 170 g/mol. The SMILES string of the molecule is C/C=C(/CC(C)C)c1ncccc1C. The number of aryl methyl sites for hydroxylation is 1. The number of nitrogens with zero attached hydrogens (tertiary/aromatic N) is 1. The van der Waals surface area contributed by atoms with Crippen LogP contribution in [0.2, 0.25) is 0 Å². The molecule has 1 aromatic rings. The third-order valence-corrected chi connectivity index (χ3v) is 2.29. The molecule has 0 aliphatic rings. The summed E-state index contributed by atoms with van der Waals surface area (Å²) in [4.78, 5) is 4.43. The average molecular weight is 189 g/mol. The van der Waals surface area contributed by atoms with Gasteiger partial charge in [-0.05, 0) is 43.4 Å². The van der Waals surface area contributed by atoms with Gasteiger partial charge in [0.2, 0.25) is 0 Å². The fourth-order valence-electron chi connectivity index (χ4n) is 1.61. The Bertz CT molecular complexity index is 324. The standard InChI is InChI=1S/C13H19N/c1-5-12(9-10(2)3)13-11(4)7-6-8-14-13/h5-8,10H,9H2,1-4H3/b12-5-. The molecule has 0 radical (unpaired) electrons. The van der Waals surface area contributed by atoms with E-state index >= 15 is 0 Å². The number of aromatic nitrogens is 1. The largest absolute Gasteiger partial charge is 0.256 e. The molecule has 0 aliphatic carbocycles. The molecule has 0 fully saturated rings. The number of hydrogen-bond acceptors (Lipinski definition) is 1. The fraction of sp³-hybridized carbons (Fsp3) is 0.462. The molecule has 0 saturated heterocycles. The minimum absolute atomic E-state index is 0.683. The number of rotatable bonds is 3. The zero-order chi connectivity index (χ0) is 10.6. The summed E-state index contributed by atoms with van der Waals surface area (Å²) in [5.41, 5.74) is 3.78. The van der Waals surface area contributed by atoms with E-state index < -0.39 is 0 Å². The van der Waals surface area contributed by atoms with Crippen molar-refractivity contribution < 1.29 is 0 Å². The molecule has 0 spiro atoms. The lowest BCUT2D eigenvalue weighted by atomic mass is 9.97. The summed E-state index contributed by atoms with van der Waals surface area (Å²) in [5.74, 6) is 0.683. The molecule has 0 aliphatic heterocycles. The maximum atomic E-state index is 4.43. The predicted octanol–water partition coefficient (Wildman–Crippen LogP) is 3.84. The van der Waals surface area contributed by atoms with E-state index in [1.54, 1.807) is 0 Å². The maximum absolute atomic E-state index is 4.43. The van der Waals surface area contributed by atoms with E-state index in [1.807, 2.05) is 12.3 Å². The molecule has 76 valence electrons. The Kier molecular flexibility index (Phi) is 3.87. The smallest absolute Gasteiger partial charge is 0.0687 e. The van der Waals surface area contributed by atoms with Gasteiger partial charge in [0.15, 0.2) is 0 Å². The third-order valence-electron chi connectivity index (χ3n) is 2.29. The van der Waals surface area contributed by atoms with Crippen LogP contribution >= 0.6 is 0 Å². The first-order valence-corrected chi connectivity index (χ1v) is 5.22. The summed E-state index contributed by atoms with van der Waals surface area (Å²) in [6, 6.07) is 4.10. The normalized spacial score (nSPS) is 12.2. The van der Waals surface area contributed by atoms with Crippen LogP contribution in [0.1, 0.15) is 38.4 Å². The van der Waals surface area contributed by atoms with E-state index in [9.17, 15) is 0 Å². The van der Waals surface area contributed by atoms with Crippen LogP contribution in [-0.4, -0.2) is 4.98 Å². The van der Waals surface area contributed by atoms with Crippen LogP contribution in [0.25, 0.3) is 5.57 Å². The summed E-state index contributed by atoms with van der Waals surface area (Å²) >= 11 is 0. The minimum atomic E-state index is 0.683. The number of allylic oxidation sites excluding steroid dienone is 2. The molecule has 1 heteroatoms. The Hall–Kier alpha value is -1.11. The van der Waals surface area contributed by atoms with Crippen molar-refractivity contribution in [3.63, 3.8) is 0 Å². The Labute approximate surface area is 86.9 Å². The maximum Gasteiger partial charge on any atom is 0.0687 e. The van der Waals surface area contributed by atoms with Crippen LogP contribution < -0.4 is 0 Å². The second-order valence-electron chi connectivity index (χ2n) is 4.08. The highest BCUT2D eigenvalue weighted by molar-refractivity contribution is 5.64. The third kappa shape index (κ3) is 2.69. The molecule has 0 saturated carbocycles. The Balaban J connectivity index is 2.96. The zero-order valence-corrected chi connectivity index (χ0v) is 9.54. The first-order valence-electron chi connectivity index (χ1n) is 5.22. The lowest BCUT2D eigenvalue weighted by Crippen LogP contribution is -1.96. The molecule has 14 heavy (non-hydrogen) atoms. The number of pyridine rings is 1. The molecule has 0 amide bonds. The summed E-state index contributed by atoms with van der Waals surface area (Å²) in [6.45, 7) is 8.68. The van der Waals surface area contributed by atoms with E-state index in [0.29, 0.717) is 5.92 Å². The van der Waals surface area contributed by atoms with Gasteiger partial charge in [-0.1, -0.05) is 26.0 Å². The van der Waals surface area contributed by atoms with E-state index in [1.165, 1.54) is 11.1 Å². The summed E-state index contributed by atoms with van der Waals surface area (Å²) in [6.07, 6.45) is 5.15. The highest BCUT2D eigenvalue weighted by atomic mass is 14.7. The highest BCUT2D eigenvalue weighted by Crippen LogP contribution is 2.22. The topological polar surface area (TPSA) is 12.9 Å². The van der Waals surface area contributed by atoms with Crippen molar-refractivity contribution in [2.45, 2.75) is 34.1 Å². The van der Waals surface area contributed by atoms with Crippen LogP contribution in [0.15, 0.2) is 24.4 Å². The van der Waals surface area contributed by atoms with Gasteiger partial charge in [-0.25, -0.2) is 0 Å². The molecule has 0 aromatic carbocycles. The Morgan fingerprint density at radius 1 is 1.50 bits per heavy atom. The van der Waals surface area contributed by atoms with Gasteiger partial charge < -0.3 is 0 Å². The van der Waals surface area contributed by atoms with Crippen molar-refractivity contribution in [2.75, 3.05) is 0 Å². The average Bonchev–Trinajstić information content (AvgIpc) is 2.15. The Morgan fingerprint density at radius 2 is 2.21 bits per heavy atom. The predicted molar refractivity (Wildman–Crippen MR) is 62.1 cm³/mol. The van der Waals surface area contributed by atoms with Gasteiger partial charge in [-0.2, -0.15) is 0 Å². The molecule has 0 N–H and O–H groups in total. The second kappa shape index (κ2) is 4.94. The minimum Gasteiger partial charge on any atom is -0.256 e. The van der Waals surface area contributed by atoms with Gasteiger partial charge in [-0.3, -0.25) is 4.98 Å². The van der Waals surface area contributed by atoms with Gasteiger partial charge in [0.1, 0.15) is 0 Å². The first kappa shape index (κ1) is 11.0. The van der Waals surface area contributed by atoms with Crippen molar-refractivity contribution in [2.24, 2.45) is 5.92 Å². The van der Waals surface area contributed by atoms with Gasteiger partial charge in [0, 0.05) is 6.20 Å². The van der Waals surface area contributed by atoms with Gasteiger partial charge in [0.05, 0.1) is 5.69 Å². The number of hydrogen-bond donors (Lipinski definition) is 0. The van der Waals surface area contributed by atoms with Crippen molar-refractivity contribution in [3.05, 3.63) is 35.7 Å². The molecule has 1 rings (SSSR count). The first-order chi connectivity index (χ1) is 6.65. The molecule has 1 aromatic heterocycles. The molecule has 0 bridgehead atoms. The van der Waals surface area contributed by atoms with Crippen LogP contribution in [0, 0.1) is 12.8 Å². The highest BCUT2D eigenvalue weighted by Gasteiger charge is 2.06. The summed E-state index contributed by atoms with van der Waals surface area (Å²) < 4.78 is 0. The van der Waals surface area contributed by atoms with Crippen LogP contribution in [-0.2, 0) is 0 Å². The molecule has 0 atom stereocenters. The van der Waals surface area contributed by atoms with Gasteiger partial charge in [-0.15, -0.1) is 0 Å². The van der Waals surface area contributed by atoms with Gasteiger partial charge >= 0.3 is 0 Å². The Morgan fingerprint density at radius 3 is 2.71 bits per heavy atom. The van der Waals surface area contributed by atoms with Crippen LogP contribution in [0.3, 0.4) is 0 Å². The molecular formula is C13H19N. The van der Waals surface area contributed by atoms with Crippen molar-refractivity contribution in [1.82, 2.24) is 4.98 Å². The quantitative estimate of drug-likeness (QED) is 0.704. The monoisotopic (exact) mass is 189 g/mol. The summed E-state index contributed by atoms with van der Waals surface area (Å²) in [5, 5.41) is 0. The van der Waals surface area contributed by atoms with E-state index in [0.717, 1.165) is 12.1 Å². The molecule has 1 nitrogen and oxygen atoms in total. The fourth-order valence-corrected chi connectivity index (χ4v) is 1.61. The second-order valence-corrected chi connectivity index (χ2v) is 4.08. The van der Waals surface area contributed by atoms with Crippen LogP contribution in [0.4, 0.5) is 0 Å². The van der Waals surface area contributed by atoms with Crippen LogP contribution in [0.5, 0.6) is 0 Å². The van der Waals surface area contributed by atoms with Crippen molar-refractivity contribution in [1.29, 1.82) is 0 Å². The van der Waals surface area contributed by atoms with E-state index in [4.69, 9.17) is 0 Å². The lowest BCUT2D eigenvalue weighted by Gasteiger charge is -2.11. The van der Waals surface area contributed by atoms with Crippen molar-refractivity contribution in [3.8, 4) is 0 Å². The van der Waals surface area contributed by atoms with E-state index in [2.05, 4.69) is 44.8 Å². The van der Waals surface area contributed by atoms with E-state index in [-0.39, 0.29) is 0 Å².